The first-order valence-electron chi connectivity index (χ1n) is 6.76. The van der Waals surface area contributed by atoms with Crippen LogP contribution in [0.5, 0.6) is 0 Å². The summed E-state index contributed by atoms with van der Waals surface area (Å²) in [5.41, 5.74) is 0.397. The van der Waals surface area contributed by atoms with Crippen LogP contribution in [0.2, 0.25) is 0 Å². The molecule has 0 N–H and O–H groups in total. The third-order valence-corrected chi connectivity index (χ3v) is 4.61. The van der Waals surface area contributed by atoms with E-state index in [4.69, 9.17) is 9.47 Å². The molecule has 2 fully saturated rings. The van der Waals surface area contributed by atoms with Crippen LogP contribution in [-0.4, -0.2) is 48.2 Å². The third-order valence-electron chi connectivity index (χ3n) is 3.67. The molecule has 0 radical (unpaired) electrons. The van der Waals surface area contributed by atoms with Crippen molar-refractivity contribution in [1.29, 1.82) is 0 Å². The van der Waals surface area contributed by atoms with Crippen molar-refractivity contribution in [2.45, 2.75) is 31.9 Å². The molecular formula is C13H18N2O3S. The Bertz CT molecular complexity index is 462. The number of nitrogens with zero attached hydrogens (tertiary/aromatic N) is 2. The Hall–Kier alpha value is -0.980. The van der Waals surface area contributed by atoms with Crippen molar-refractivity contribution in [3.8, 4) is 0 Å². The zero-order chi connectivity index (χ0) is 13.2. The van der Waals surface area contributed by atoms with E-state index in [1.165, 1.54) is 24.2 Å². The Labute approximate surface area is 116 Å². The predicted molar refractivity (Wildman–Crippen MR) is 71.4 cm³/mol. The largest absolute Gasteiger partial charge is 0.461 e. The van der Waals surface area contributed by atoms with E-state index in [0.29, 0.717) is 18.3 Å². The molecule has 104 valence electrons. The van der Waals surface area contributed by atoms with E-state index in [1.807, 2.05) is 0 Å². The van der Waals surface area contributed by atoms with E-state index in [9.17, 15) is 4.79 Å². The van der Waals surface area contributed by atoms with Gasteiger partial charge in [-0.1, -0.05) is 0 Å². The van der Waals surface area contributed by atoms with Gasteiger partial charge in [-0.15, -0.1) is 11.3 Å². The van der Waals surface area contributed by atoms with Crippen molar-refractivity contribution in [2.75, 3.05) is 26.3 Å². The highest BCUT2D eigenvalue weighted by Crippen LogP contribution is 2.31. The molecule has 0 spiro atoms. The Morgan fingerprint density at radius 2 is 2.58 bits per heavy atom. The van der Waals surface area contributed by atoms with Gasteiger partial charge in [-0.25, -0.2) is 9.78 Å². The minimum absolute atomic E-state index is 0.00234. The summed E-state index contributed by atoms with van der Waals surface area (Å²) >= 11 is 1.48. The van der Waals surface area contributed by atoms with Gasteiger partial charge >= 0.3 is 5.97 Å². The van der Waals surface area contributed by atoms with Gasteiger partial charge in [0.05, 0.1) is 13.2 Å². The minimum Gasteiger partial charge on any atom is -0.461 e. The Morgan fingerprint density at radius 1 is 1.68 bits per heavy atom. The Morgan fingerprint density at radius 3 is 3.42 bits per heavy atom. The minimum atomic E-state index is -0.347. The van der Waals surface area contributed by atoms with Gasteiger partial charge in [-0.2, -0.15) is 0 Å². The number of carbonyl (C=O) groups excluding carboxylic acids is 1. The van der Waals surface area contributed by atoms with E-state index >= 15 is 0 Å². The molecule has 5 nitrogen and oxygen atoms in total. The average Bonchev–Trinajstić information content (AvgIpc) is 3.07. The first-order chi connectivity index (χ1) is 9.28. The number of rotatable bonds is 3. The van der Waals surface area contributed by atoms with Crippen LogP contribution < -0.4 is 0 Å². The van der Waals surface area contributed by atoms with Gasteiger partial charge in [-0.3, -0.25) is 4.90 Å². The van der Waals surface area contributed by atoms with Crippen LogP contribution in [0.3, 0.4) is 0 Å². The molecular weight excluding hydrogens is 264 g/mol. The predicted octanol–water partition coefficient (Wildman–Crippen LogP) is 1.86. The summed E-state index contributed by atoms with van der Waals surface area (Å²) in [4.78, 5) is 18.4. The van der Waals surface area contributed by atoms with Crippen molar-refractivity contribution in [2.24, 2.45) is 0 Å². The topological polar surface area (TPSA) is 51.7 Å². The van der Waals surface area contributed by atoms with E-state index in [-0.39, 0.29) is 12.1 Å². The Balaban J connectivity index is 1.67. The van der Waals surface area contributed by atoms with E-state index in [0.717, 1.165) is 24.7 Å². The number of morpholine rings is 1. The fourth-order valence-corrected chi connectivity index (χ4v) is 3.53. The SMILES string of the molecule is CCOC(=O)c1csc(C2CN3CCCC3CO2)n1. The molecule has 2 atom stereocenters. The van der Waals surface area contributed by atoms with Crippen LogP contribution in [0.1, 0.15) is 41.4 Å². The Kier molecular flexibility index (Phi) is 3.81. The highest BCUT2D eigenvalue weighted by Gasteiger charge is 2.34. The molecule has 2 saturated heterocycles. The monoisotopic (exact) mass is 282 g/mol. The maximum Gasteiger partial charge on any atom is 0.357 e. The maximum atomic E-state index is 11.6. The molecule has 2 aliphatic heterocycles. The normalized spacial score (nSPS) is 27.2. The number of ether oxygens (including phenoxy) is 2. The molecule has 2 unspecified atom stereocenters. The van der Waals surface area contributed by atoms with Crippen LogP contribution in [0.25, 0.3) is 0 Å². The first kappa shape index (κ1) is 13.0. The van der Waals surface area contributed by atoms with Gasteiger partial charge in [0, 0.05) is 18.0 Å². The fraction of sp³-hybridized carbons (Fsp3) is 0.692. The average molecular weight is 282 g/mol. The molecule has 6 heteroatoms. The van der Waals surface area contributed by atoms with Crippen molar-refractivity contribution in [3.05, 3.63) is 16.1 Å². The van der Waals surface area contributed by atoms with Crippen molar-refractivity contribution in [3.63, 3.8) is 0 Å². The lowest BCUT2D eigenvalue weighted by molar-refractivity contribution is -0.0502. The lowest BCUT2D eigenvalue weighted by Gasteiger charge is -2.34. The van der Waals surface area contributed by atoms with Crippen LogP contribution in [0.15, 0.2) is 5.38 Å². The summed E-state index contributed by atoms with van der Waals surface area (Å²) in [6, 6.07) is 0.584. The lowest BCUT2D eigenvalue weighted by atomic mass is 10.2. The maximum absolute atomic E-state index is 11.6. The summed E-state index contributed by atoms with van der Waals surface area (Å²) in [5, 5.41) is 2.64. The van der Waals surface area contributed by atoms with Crippen molar-refractivity contribution < 1.29 is 14.3 Å². The summed E-state index contributed by atoms with van der Waals surface area (Å²) < 4.78 is 10.8. The number of aromatic nitrogens is 1. The molecule has 19 heavy (non-hydrogen) atoms. The molecule has 0 bridgehead atoms. The summed E-state index contributed by atoms with van der Waals surface area (Å²) in [7, 11) is 0. The van der Waals surface area contributed by atoms with Crippen molar-refractivity contribution in [1.82, 2.24) is 9.88 Å². The number of carbonyl (C=O) groups is 1. The number of esters is 1. The second kappa shape index (κ2) is 5.56. The summed E-state index contributed by atoms with van der Waals surface area (Å²) in [5.74, 6) is -0.347. The van der Waals surface area contributed by atoms with Gasteiger partial charge in [-0.05, 0) is 26.3 Å². The van der Waals surface area contributed by atoms with Gasteiger partial charge in [0.15, 0.2) is 5.69 Å². The number of fused-ring (bicyclic) bond motifs is 1. The van der Waals surface area contributed by atoms with Crippen LogP contribution in [0, 0.1) is 0 Å². The molecule has 1 aromatic rings. The second-order valence-electron chi connectivity index (χ2n) is 4.90. The van der Waals surface area contributed by atoms with Gasteiger partial charge in [0.25, 0.3) is 0 Å². The fourth-order valence-electron chi connectivity index (χ4n) is 2.70. The molecule has 0 saturated carbocycles. The molecule has 1 aromatic heterocycles. The van der Waals surface area contributed by atoms with Crippen molar-refractivity contribution >= 4 is 17.3 Å². The highest BCUT2D eigenvalue weighted by molar-refractivity contribution is 7.09. The van der Waals surface area contributed by atoms with Crippen LogP contribution in [0.4, 0.5) is 0 Å². The molecule has 3 heterocycles. The standard InChI is InChI=1S/C13H18N2O3S/c1-2-17-13(16)10-8-19-12(14-10)11-6-15-5-3-4-9(15)7-18-11/h8-9,11H,2-7H2,1H3. The van der Waals surface area contributed by atoms with Gasteiger partial charge in [0.1, 0.15) is 11.1 Å². The highest BCUT2D eigenvalue weighted by atomic mass is 32.1. The van der Waals surface area contributed by atoms with Gasteiger partial charge < -0.3 is 9.47 Å². The second-order valence-corrected chi connectivity index (χ2v) is 5.79. The molecule has 2 aliphatic rings. The number of hydrogen-bond donors (Lipinski definition) is 0. The van der Waals surface area contributed by atoms with Crippen LogP contribution >= 0.6 is 11.3 Å². The lowest BCUT2D eigenvalue weighted by Crippen LogP contribution is -2.42. The first-order valence-corrected chi connectivity index (χ1v) is 7.64. The summed E-state index contributed by atoms with van der Waals surface area (Å²) in [6.07, 6.45) is 2.49. The smallest absolute Gasteiger partial charge is 0.357 e. The van der Waals surface area contributed by atoms with Crippen LogP contribution in [-0.2, 0) is 9.47 Å². The number of hydrogen-bond acceptors (Lipinski definition) is 6. The van der Waals surface area contributed by atoms with E-state index < -0.39 is 0 Å². The van der Waals surface area contributed by atoms with E-state index in [2.05, 4.69) is 9.88 Å². The number of thiazole rings is 1. The quantitative estimate of drug-likeness (QED) is 0.792. The van der Waals surface area contributed by atoms with Gasteiger partial charge in [0.2, 0.25) is 0 Å². The zero-order valence-electron chi connectivity index (χ0n) is 11.0. The third kappa shape index (κ3) is 2.66. The zero-order valence-corrected chi connectivity index (χ0v) is 11.8. The molecule has 0 aliphatic carbocycles. The molecule has 0 amide bonds. The molecule has 3 rings (SSSR count). The summed E-state index contributed by atoms with van der Waals surface area (Å²) in [6.45, 7) is 4.99. The molecule has 0 aromatic carbocycles. The van der Waals surface area contributed by atoms with E-state index in [1.54, 1.807) is 12.3 Å².